The van der Waals surface area contributed by atoms with Crippen LogP contribution in [0.3, 0.4) is 0 Å². The van der Waals surface area contributed by atoms with E-state index in [1.54, 1.807) is 12.1 Å². The molecule has 1 saturated heterocycles. The fourth-order valence-corrected chi connectivity index (χ4v) is 3.78. The highest BCUT2D eigenvalue weighted by Crippen LogP contribution is 2.30. The molecule has 1 N–H and O–H groups in total. The second-order valence-electron chi connectivity index (χ2n) is 7.25. The Kier molecular flexibility index (Phi) is 6.28. The van der Waals surface area contributed by atoms with Gasteiger partial charge < -0.3 is 24.6 Å². The Labute approximate surface area is 180 Å². The summed E-state index contributed by atoms with van der Waals surface area (Å²) >= 11 is 6.06. The molecule has 2 aromatic rings. The highest BCUT2D eigenvalue weighted by molar-refractivity contribution is 6.30. The largest absolute Gasteiger partial charge is 0.485 e. The van der Waals surface area contributed by atoms with Crippen molar-refractivity contribution in [3.63, 3.8) is 0 Å². The molecule has 0 radical (unpaired) electrons. The van der Waals surface area contributed by atoms with E-state index >= 15 is 0 Å². The van der Waals surface area contributed by atoms with Crippen molar-refractivity contribution in [2.75, 3.05) is 44.2 Å². The molecule has 158 valence electrons. The zero-order chi connectivity index (χ0) is 20.9. The van der Waals surface area contributed by atoms with Gasteiger partial charge in [-0.05, 0) is 30.3 Å². The van der Waals surface area contributed by atoms with Crippen LogP contribution in [-0.2, 0) is 9.59 Å². The Morgan fingerprint density at radius 1 is 1.03 bits per heavy atom. The van der Waals surface area contributed by atoms with Crippen molar-refractivity contribution in [1.82, 2.24) is 10.2 Å². The van der Waals surface area contributed by atoms with Crippen molar-refractivity contribution in [2.24, 2.45) is 0 Å². The highest BCUT2D eigenvalue weighted by Gasteiger charge is 2.27. The third-order valence-electron chi connectivity index (χ3n) is 5.24. The molecule has 0 spiro atoms. The van der Waals surface area contributed by atoms with Gasteiger partial charge in [-0.2, -0.15) is 0 Å². The number of halogens is 1. The summed E-state index contributed by atoms with van der Waals surface area (Å²) in [6, 6.07) is 15.0. The summed E-state index contributed by atoms with van der Waals surface area (Å²) in [6.07, 6.45) is -0.455. The molecule has 1 fully saturated rings. The van der Waals surface area contributed by atoms with E-state index in [0.717, 1.165) is 18.8 Å². The smallest absolute Gasteiger partial charge is 0.264 e. The van der Waals surface area contributed by atoms with Gasteiger partial charge in [0.1, 0.15) is 6.61 Å². The first-order valence-electron chi connectivity index (χ1n) is 10.0. The van der Waals surface area contributed by atoms with Crippen LogP contribution in [0.15, 0.2) is 48.5 Å². The molecule has 0 unspecified atom stereocenters. The third kappa shape index (κ3) is 4.79. The number of ether oxygens (including phenoxy) is 2. The lowest BCUT2D eigenvalue weighted by Crippen LogP contribution is -2.49. The number of nitrogens with one attached hydrogen (secondary N) is 1. The summed E-state index contributed by atoms with van der Waals surface area (Å²) < 4.78 is 11.2. The number of fused-ring (bicyclic) bond motifs is 1. The average Bonchev–Trinajstić information content (AvgIpc) is 2.78. The van der Waals surface area contributed by atoms with Gasteiger partial charge in [0, 0.05) is 49.9 Å². The summed E-state index contributed by atoms with van der Waals surface area (Å²) in [5.41, 5.74) is 1.07. The first kappa shape index (κ1) is 20.3. The summed E-state index contributed by atoms with van der Waals surface area (Å²) in [5, 5.41) is 3.48. The maximum Gasteiger partial charge on any atom is 0.264 e. The van der Waals surface area contributed by atoms with E-state index in [9.17, 15) is 9.59 Å². The van der Waals surface area contributed by atoms with E-state index in [1.165, 1.54) is 0 Å². The molecule has 8 heteroatoms. The molecule has 7 nitrogen and oxygen atoms in total. The number of carbonyl (C=O) groups is 2. The molecular formula is C22H24ClN3O4. The minimum atomic E-state index is -0.712. The van der Waals surface area contributed by atoms with E-state index in [4.69, 9.17) is 21.1 Å². The minimum absolute atomic E-state index is 0.0344. The van der Waals surface area contributed by atoms with Crippen molar-refractivity contribution in [3.05, 3.63) is 53.6 Å². The van der Waals surface area contributed by atoms with Crippen LogP contribution >= 0.6 is 11.6 Å². The van der Waals surface area contributed by atoms with Crippen molar-refractivity contribution in [3.8, 4) is 11.5 Å². The molecule has 0 bridgehead atoms. The van der Waals surface area contributed by atoms with Gasteiger partial charge in [-0.3, -0.25) is 9.59 Å². The fraction of sp³-hybridized carbons (Fsp3) is 0.364. The van der Waals surface area contributed by atoms with Crippen LogP contribution in [0.5, 0.6) is 11.5 Å². The standard InChI is InChI=1S/C22H24ClN3O4/c23-16-4-3-5-17(14-16)25-10-12-26(13-11-25)21(27)8-9-24-22(28)20-15-29-18-6-1-2-7-19(18)30-20/h1-7,14,20H,8-13,15H2,(H,24,28)/t20-/m1/s1. The molecule has 0 aromatic heterocycles. The molecule has 2 heterocycles. The summed E-state index contributed by atoms with van der Waals surface area (Å²) in [6.45, 7) is 3.23. The number of piperazine rings is 1. The number of hydrogen-bond acceptors (Lipinski definition) is 5. The van der Waals surface area contributed by atoms with Gasteiger partial charge in [-0.15, -0.1) is 0 Å². The second-order valence-corrected chi connectivity index (χ2v) is 7.69. The van der Waals surface area contributed by atoms with Crippen molar-refractivity contribution < 1.29 is 19.1 Å². The van der Waals surface area contributed by atoms with Crippen LogP contribution in [-0.4, -0.2) is 62.1 Å². The van der Waals surface area contributed by atoms with Crippen LogP contribution in [0.1, 0.15) is 6.42 Å². The first-order chi connectivity index (χ1) is 14.6. The van der Waals surface area contributed by atoms with Gasteiger partial charge in [-0.1, -0.05) is 29.8 Å². The number of anilines is 1. The quantitative estimate of drug-likeness (QED) is 0.790. The average molecular weight is 430 g/mol. The van der Waals surface area contributed by atoms with E-state index in [1.807, 2.05) is 41.3 Å². The van der Waals surface area contributed by atoms with E-state index in [-0.39, 0.29) is 31.4 Å². The fourth-order valence-electron chi connectivity index (χ4n) is 3.60. The number of nitrogens with zero attached hydrogens (tertiary/aromatic N) is 2. The van der Waals surface area contributed by atoms with Crippen molar-refractivity contribution in [2.45, 2.75) is 12.5 Å². The van der Waals surface area contributed by atoms with Gasteiger partial charge in [0.15, 0.2) is 11.5 Å². The van der Waals surface area contributed by atoms with Crippen LogP contribution in [0.2, 0.25) is 5.02 Å². The van der Waals surface area contributed by atoms with Crippen LogP contribution in [0.25, 0.3) is 0 Å². The van der Waals surface area contributed by atoms with Crippen LogP contribution in [0.4, 0.5) is 5.69 Å². The molecule has 0 saturated carbocycles. The van der Waals surface area contributed by atoms with E-state index < -0.39 is 6.10 Å². The molecule has 0 aliphatic carbocycles. The molecule has 2 aliphatic heterocycles. The van der Waals surface area contributed by atoms with E-state index in [2.05, 4.69) is 10.2 Å². The third-order valence-corrected chi connectivity index (χ3v) is 5.48. The molecule has 1 atom stereocenters. The minimum Gasteiger partial charge on any atom is -0.485 e. The Balaban J connectivity index is 1.19. The first-order valence-corrected chi connectivity index (χ1v) is 10.4. The topological polar surface area (TPSA) is 71.1 Å². The van der Waals surface area contributed by atoms with Gasteiger partial charge >= 0.3 is 0 Å². The van der Waals surface area contributed by atoms with Crippen molar-refractivity contribution >= 4 is 29.1 Å². The number of para-hydroxylation sites is 2. The Morgan fingerprint density at radius 3 is 2.57 bits per heavy atom. The zero-order valence-corrected chi connectivity index (χ0v) is 17.3. The number of rotatable bonds is 5. The summed E-state index contributed by atoms with van der Waals surface area (Å²) in [7, 11) is 0. The zero-order valence-electron chi connectivity index (χ0n) is 16.6. The maximum atomic E-state index is 12.5. The lowest BCUT2D eigenvalue weighted by atomic mass is 10.2. The molecular weight excluding hydrogens is 406 g/mol. The highest BCUT2D eigenvalue weighted by atomic mass is 35.5. The van der Waals surface area contributed by atoms with Crippen LogP contribution < -0.4 is 19.7 Å². The summed E-state index contributed by atoms with van der Waals surface area (Å²) in [5.74, 6) is 0.946. The van der Waals surface area contributed by atoms with E-state index in [0.29, 0.717) is 29.6 Å². The maximum absolute atomic E-state index is 12.5. The molecule has 2 aliphatic rings. The molecule has 2 amide bonds. The van der Waals surface area contributed by atoms with Crippen molar-refractivity contribution in [1.29, 1.82) is 0 Å². The number of carbonyl (C=O) groups excluding carboxylic acids is 2. The molecule has 30 heavy (non-hydrogen) atoms. The van der Waals surface area contributed by atoms with Gasteiger partial charge in [-0.25, -0.2) is 0 Å². The van der Waals surface area contributed by atoms with Gasteiger partial charge in [0.05, 0.1) is 0 Å². The predicted octanol–water partition coefficient (Wildman–Crippen LogP) is 2.33. The Bertz CT molecular complexity index is 915. The second kappa shape index (κ2) is 9.26. The number of hydrogen-bond donors (Lipinski definition) is 1. The molecule has 4 rings (SSSR count). The Hall–Kier alpha value is -2.93. The monoisotopic (exact) mass is 429 g/mol. The normalized spacial score (nSPS) is 18.1. The summed E-state index contributed by atoms with van der Waals surface area (Å²) in [4.78, 5) is 28.9. The molecule has 2 aromatic carbocycles. The lowest BCUT2D eigenvalue weighted by molar-refractivity contribution is -0.132. The Morgan fingerprint density at radius 2 is 1.80 bits per heavy atom. The predicted molar refractivity (Wildman–Crippen MR) is 114 cm³/mol. The van der Waals surface area contributed by atoms with Crippen LogP contribution in [0, 0.1) is 0 Å². The van der Waals surface area contributed by atoms with Gasteiger partial charge in [0.25, 0.3) is 5.91 Å². The SMILES string of the molecule is O=C(NCCC(=O)N1CCN(c2cccc(Cl)c2)CC1)[C@H]1COc2ccccc2O1. The number of amides is 2. The number of benzene rings is 2. The lowest BCUT2D eigenvalue weighted by Gasteiger charge is -2.36. The van der Waals surface area contributed by atoms with Gasteiger partial charge in [0.2, 0.25) is 12.0 Å².